The highest BCUT2D eigenvalue weighted by atomic mass is 16.6. The molecule has 0 fully saturated rings. The molecule has 70 heavy (non-hydrogen) atoms. The molecule has 0 aromatic rings. The van der Waals surface area contributed by atoms with Crippen molar-refractivity contribution in [3.63, 3.8) is 0 Å². The summed E-state index contributed by atoms with van der Waals surface area (Å²) in [6.45, 7) is 3.53. The number of carboxylic acids is 2. The minimum Gasteiger partial charge on any atom is -0.481 e. The van der Waals surface area contributed by atoms with Crippen LogP contribution in [0, 0.1) is 5.92 Å². The van der Waals surface area contributed by atoms with Gasteiger partial charge in [-0.25, -0.2) is 4.79 Å². The summed E-state index contributed by atoms with van der Waals surface area (Å²) in [6, 6.07) is -1.30. The van der Waals surface area contributed by atoms with Gasteiger partial charge in [0.1, 0.15) is 13.2 Å². The molecule has 0 aliphatic carbocycles. The Morgan fingerprint density at radius 3 is 1.27 bits per heavy atom. The van der Waals surface area contributed by atoms with E-state index in [9.17, 15) is 38.4 Å². The first-order chi connectivity index (χ1) is 33.8. The van der Waals surface area contributed by atoms with E-state index in [1.165, 1.54) is 141 Å². The van der Waals surface area contributed by atoms with E-state index >= 15 is 0 Å². The van der Waals surface area contributed by atoms with Crippen molar-refractivity contribution in [1.82, 2.24) is 10.6 Å². The van der Waals surface area contributed by atoms with Crippen LogP contribution in [-0.4, -0.2) is 89.7 Å². The van der Waals surface area contributed by atoms with Gasteiger partial charge in [-0.1, -0.05) is 194 Å². The molecule has 0 aliphatic heterocycles. The third-order valence-corrected chi connectivity index (χ3v) is 12.6. The maximum Gasteiger partial charge on any atom is 0.407 e. The SMILES string of the molecule is CCCCCCCCCCCCCCCCCC(=O)OCC(COC(=O)NCCC(=O)NC(CCC(=O)O)C(=O)CC(CCC(=O)O)C(N)=O)OC(=O)CCCCCCCCCCCCCCCCC. The molecule has 6 N–H and O–H groups in total. The van der Waals surface area contributed by atoms with Gasteiger partial charge in [-0.3, -0.25) is 33.6 Å². The number of alkyl carbamates (subject to hydrolysis) is 1. The van der Waals surface area contributed by atoms with Crippen LogP contribution in [0.15, 0.2) is 0 Å². The number of hydrogen-bond donors (Lipinski definition) is 5. The van der Waals surface area contributed by atoms with E-state index in [2.05, 4.69) is 24.5 Å². The zero-order chi connectivity index (χ0) is 51.9. The Kier molecular flexibility index (Phi) is 44.3. The number of nitrogens with one attached hydrogen (secondary N) is 2. The molecule has 0 aromatic carbocycles. The van der Waals surface area contributed by atoms with Crippen LogP contribution in [0.5, 0.6) is 0 Å². The molecular weight excluding hydrogens is 899 g/mol. The molecule has 3 amide bonds. The van der Waals surface area contributed by atoms with E-state index in [1.807, 2.05) is 0 Å². The Balaban J connectivity index is 4.90. The second-order valence-corrected chi connectivity index (χ2v) is 19.2. The lowest BCUT2D eigenvalue weighted by Gasteiger charge is -2.20. The molecular formula is C54H97N3O13. The second kappa shape index (κ2) is 47.1. The predicted octanol–water partition coefficient (Wildman–Crippen LogP) is 11.4. The van der Waals surface area contributed by atoms with Crippen molar-refractivity contribution in [2.24, 2.45) is 11.7 Å². The summed E-state index contributed by atoms with van der Waals surface area (Å²) < 4.78 is 16.3. The largest absolute Gasteiger partial charge is 0.481 e. The Bertz CT molecular complexity index is 1410. The van der Waals surface area contributed by atoms with Gasteiger partial charge in [0.05, 0.1) is 6.04 Å². The van der Waals surface area contributed by atoms with Crippen LogP contribution < -0.4 is 16.4 Å². The van der Waals surface area contributed by atoms with Gasteiger partial charge < -0.3 is 40.8 Å². The number of hydrogen-bond acceptors (Lipinski definition) is 11. The Morgan fingerprint density at radius 1 is 0.471 bits per heavy atom. The van der Waals surface area contributed by atoms with Crippen LogP contribution in [0.4, 0.5) is 4.79 Å². The lowest BCUT2D eigenvalue weighted by Crippen LogP contribution is -2.43. The van der Waals surface area contributed by atoms with Gasteiger partial charge in [0, 0.05) is 51.0 Å². The Hall–Kier alpha value is -4.24. The monoisotopic (exact) mass is 996 g/mol. The Labute approximate surface area is 421 Å². The molecule has 406 valence electrons. The summed E-state index contributed by atoms with van der Waals surface area (Å²) in [7, 11) is 0. The number of ether oxygens (including phenoxy) is 3. The van der Waals surface area contributed by atoms with E-state index in [-0.39, 0.29) is 45.3 Å². The highest BCUT2D eigenvalue weighted by Crippen LogP contribution is 2.18. The number of ketones is 1. The minimum absolute atomic E-state index is 0.171. The topological polar surface area (TPSA) is 255 Å². The van der Waals surface area contributed by atoms with Crippen LogP contribution in [-0.2, 0) is 47.8 Å². The quantitative estimate of drug-likeness (QED) is 0.0216. The third-order valence-electron chi connectivity index (χ3n) is 12.6. The molecule has 0 saturated carbocycles. The maximum atomic E-state index is 13.0. The lowest BCUT2D eigenvalue weighted by atomic mass is 9.92. The summed E-state index contributed by atoms with van der Waals surface area (Å²) in [5.74, 6) is -6.75. The Morgan fingerprint density at radius 2 is 0.857 bits per heavy atom. The fourth-order valence-electron chi connectivity index (χ4n) is 8.27. The molecule has 0 aromatic heterocycles. The molecule has 0 bridgehead atoms. The first-order valence-electron chi connectivity index (χ1n) is 27.6. The number of amides is 3. The van der Waals surface area contributed by atoms with Gasteiger partial charge in [0.15, 0.2) is 11.9 Å². The van der Waals surface area contributed by atoms with Crippen molar-refractivity contribution in [2.45, 2.75) is 270 Å². The van der Waals surface area contributed by atoms with Crippen molar-refractivity contribution in [2.75, 3.05) is 19.8 Å². The van der Waals surface area contributed by atoms with Gasteiger partial charge in [0.2, 0.25) is 11.8 Å². The number of primary amides is 1. The molecule has 3 atom stereocenters. The molecule has 0 radical (unpaired) electrons. The number of rotatable bonds is 51. The van der Waals surface area contributed by atoms with E-state index in [0.717, 1.165) is 38.5 Å². The van der Waals surface area contributed by atoms with Crippen molar-refractivity contribution in [1.29, 1.82) is 0 Å². The molecule has 0 saturated heterocycles. The van der Waals surface area contributed by atoms with Crippen LogP contribution in [0.1, 0.15) is 258 Å². The van der Waals surface area contributed by atoms with Crippen molar-refractivity contribution < 1.29 is 62.8 Å². The van der Waals surface area contributed by atoms with E-state index < -0.39 is 91.5 Å². The van der Waals surface area contributed by atoms with Crippen molar-refractivity contribution >= 4 is 47.6 Å². The van der Waals surface area contributed by atoms with Crippen LogP contribution in [0.2, 0.25) is 0 Å². The number of carbonyl (C=O) groups excluding carboxylic acids is 6. The predicted molar refractivity (Wildman–Crippen MR) is 272 cm³/mol. The first-order valence-corrected chi connectivity index (χ1v) is 27.6. The molecule has 0 heterocycles. The van der Waals surface area contributed by atoms with E-state index in [0.29, 0.717) is 12.8 Å². The first kappa shape index (κ1) is 65.8. The molecule has 16 heteroatoms. The number of Topliss-reactive ketones (excluding diaryl/α,β-unsaturated/α-hetero) is 1. The van der Waals surface area contributed by atoms with E-state index in [1.54, 1.807) is 0 Å². The third kappa shape index (κ3) is 43.8. The summed E-state index contributed by atoms with van der Waals surface area (Å²) in [5.41, 5.74) is 5.34. The number of carbonyl (C=O) groups is 8. The molecule has 0 spiro atoms. The number of esters is 2. The zero-order valence-electron chi connectivity index (χ0n) is 43.7. The summed E-state index contributed by atoms with van der Waals surface area (Å²) >= 11 is 0. The fourth-order valence-corrected chi connectivity index (χ4v) is 8.27. The van der Waals surface area contributed by atoms with Crippen LogP contribution >= 0.6 is 0 Å². The van der Waals surface area contributed by atoms with Gasteiger partial charge in [-0.2, -0.15) is 0 Å². The number of aliphatic carboxylic acids is 2. The number of nitrogens with two attached hydrogens (primary N) is 1. The normalized spacial score (nSPS) is 12.4. The molecule has 0 aliphatic rings. The molecule has 3 unspecified atom stereocenters. The smallest absolute Gasteiger partial charge is 0.407 e. The average Bonchev–Trinajstić information content (AvgIpc) is 3.32. The fraction of sp³-hybridized carbons (Fsp3) is 0.852. The number of carboxylic acid groups (broad SMARTS) is 2. The molecule has 0 rings (SSSR count). The highest BCUT2D eigenvalue weighted by molar-refractivity contribution is 5.92. The minimum atomic E-state index is -1.30. The van der Waals surface area contributed by atoms with Crippen LogP contribution in [0.3, 0.4) is 0 Å². The van der Waals surface area contributed by atoms with Crippen LogP contribution in [0.25, 0.3) is 0 Å². The van der Waals surface area contributed by atoms with Gasteiger partial charge >= 0.3 is 30.0 Å². The average molecular weight is 996 g/mol. The van der Waals surface area contributed by atoms with Gasteiger partial charge in [-0.15, -0.1) is 0 Å². The number of unbranched alkanes of at least 4 members (excludes halogenated alkanes) is 28. The van der Waals surface area contributed by atoms with Crippen molar-refractivity contribution in [3.05, 3.63) is 0 Å². The molecule has 16 nitrogen and oxygen atoms in total. The summed E-state index contributed by atoms with van der Waals surface area (Å²) in [4.78, 5) is 97.9. The standard InChI is InChI=1S/C54H97N3O13/c1-3-5-7-9-11-13-15-17-19-21-23-25-27-29-31-33-51(64)68-42-45(70-52(65)34-32-30-28-26-24-22-20-18-16-14-12-10-8-6-4-2)43-69-54(67)56-40-39-48(59)57-46(36-38-50(62)63)47(58)41-44(53(55)66)35-37-49(60)61/h44-46H,3-43H2,1-2H3,(H2,55,66)(H,56,67)(H,57,59)(H,60,61)(H,62,63). The van der Waals surface area contributed by atoms with Crippen molar-refractivity contribution in [3.8, 4) is 0 Å². The van der Waals surface area contributed by atoms with Gasteiger partial charge in [-0.05, 0) is 25.7 Å². The summed E-state index contributed by atoms with van der Waals surface area (Å²) in [6.07, 6.45) is 32.3. The lowest BCUT2D eigenvalue weighted by molar-refractivity contribution is -0.161. The summed E-state index contributed by atoms with van der Waals surface area (Å²) in [5, 5.41) is 22.9. The zero-order valence-corrected chi connectivity index (χ0v) is 43.7. The van der Waals surface area contributed by atoms with Gasteiger partial charge in [0.25, 0.3) is 0 Å². The van der Waals surface area contributed by atoms with E-state index in [4.69, 9.17) is 30.2 Å². The highest BCUT2D eigenvalue weighted by Gasteiger charge is 2.28. The maximum absolute atomic E-state index is 13.0. The second-order valence-electron chi connectivity index (χ2n) is 19.2.